The average Bonchev–Trinajstić information content (AvgIpc) is 3.23. The van der Waals surface area contributed by atoms with Crippen molar-refractivity contribution in [3.8, 4) is 17.2 Å². The smallest absolute Gasteiger partial charge is 0.262 e. The fraction of sp³-hybridized carbons (Fsp3) is 0.111. The number of nitriles is 1. The van der Waals surface area contributed by atoms with Crippen LogP contribution in [0, 0.1) is 11.3 Å². The number of pyridine rings is 1. The summed E-state index contributed by atoms with van der Waals surface area (Å²) in [6.07, 6.45) is 3.36. The van der Waals surface area contributed by atoms with E-state index in [-0.39, 0.29) is 0 Å². The Balaban J connectivity index is 1.82. The second kappa shape index (κ2) is 6.76. The van der Waals surface area contributed by atoms with Crippen LogP contribution < -0.4 is 4.31 Å². The molecular weight excluding hydrogens is 386 g/mol. The van der Waals surface area contributed by atoms with Crippen molar-refractivity contribution in [2.45, 2.75) is 9.10 Å². The molecule has 0 radical (unpaired) electrons. The molecule has 1 aliphatic heterocycles. The first-order valence-corrected chi connectivity index (χ1v) is 11.1. The van der Waals surface area contributed by atoms with Gasteiger partial charge in [-0.1, -0.05) is 18.2 Å². The van der Waals surface area contributed by atoms with E-state index >= 15 is 0 Å². The summed E-state index contributed by atoms with van der Waals surface area (Å²) in [6.45, 7) is 0.413. The molecule has 1 aromatic carbocycles. The molecule has 0 N–H and O–H groups in total. The van der Waals surface area contributed by atoms with Crippen molar-refractivity contribution in [2.24, 2.45) is 0 Å². The van der Waals surface area contributed by atoms with Gasteiger partial charge in [0.15, 0.2) is 0 Å². The van der Waals surface area contributed by atoms with Gasteiger partial charge in [0.2, 0.25) is 0 Å². The van der Waals surface area contributed by atoms with E-state index in [1.165, 1.54) is 15.6 Å². The molecule has 2 aromatic heterocycles. The number of thioether (sulfide) groups is 1. The molecule has 3 aromatic rings. The minimum absolute atomic E-state index is 0.333. The second-order valence-corrected chi connectivity index (χ2v) is 9.72. The van der Waals surface area contributed by atoms with E-state index in [0.717, 1.165) is 16.0 Å². The highest BCUT2D eigenvalue weighted by Crippen LogP contribution is 2.43. The van der Waals surface area contributed by atoms with Gasteiger partial charge < -0.3 is 0 Å². The lowest BCUT2D eigenvalue weighted by Gasteiger charge is -2.30. The summed E-state index contributed by atoms with van der Waals surface area (Å²) in [5, 5.41) is 10.7. The standard InChI is InChI=1S/C18H13N3O2S3/c19-10-13-3-5-14(6-4-13)15-11-20-12-16-18(15)25-9-7-21(16)26(22,23)17-2-1-8-24-17/h1-6,8,11-12H,7,9H2. The van der Waals surface area contributed by atoms with Crippen molar-refractivity contribution in [3.63, 3.8) is 0 Å². The van der Waals surface area contributed by atoms with Gasteiger partial charge in [0.1, 0.15) is 4.21 Å². The fourth-order valence-electron chi connectivity index (χ4n) is 2.82. The van der Waals surface area contributed by atoms with Crippen molar-refractivity contribution in [3.05, 3.63) is 59.7 Å². The van der Waals surface area contributed by atoms with Gasteiger partial charge in [0.05, 0.1) is 23.5 Å². The van der Waals surface area contributed by atoms with Crippen molar-refractivity contribution in [2.75, 3.05) is 16.6 Å². The highest BCUT2D eigenvalue weighted by molar-refractivity contribution is 8.00. The maximum atomic E-state index is 13.0. The molecule has 0 fully saturated rings. The predicted molar refractivity (Wildman–Crippen MR) is 104 cm³/mol. The summed E-state index contributed by atoms with van der Waals surface area (Å²) in [4.78, 5) is 5.18. The molecule has 4 rings (SSSR count). The van der Waals surface area contributed by atoms with Crippen LogP contribution in [-0.4, -0.2) is 25.7 Å². The molecule has 5 nitrogen and oxygen atoms in total. The summed E-state index contributed by atoms with van der Waals surface area (Å²) in [5.74, 6) is 0.672. The summed E-state index contributed by atoms with van der Waals surface area (Å²) in [6, 6.07) is 12.7. The first-order valence-electron chi connectivity index (χ1n) is 7.79. The fourth-order valence-corrected chi connectivity index (χ4v) is 6.67. The van der Waals surface area contributed by atoms with Gasteiger partial charge in [-0.2, -0.15) is 5.26 Å². The summed E-state index contributed by atoms with van der Waals surface area (Å²) >= 11 is 2.84. The number of aromatic nitrogens is 1. The zero-order valence-electron chi connectivity index (χ0n) is 13.5. The Morgan fingerprint density at radius 2 is 1.96 bits per heavy atom. The topological polar surface area (TPSA) is 74.1 Å². The Morgan fingerprint density at radius 3 is 2.65 bits per heavy atom. The Hall–Kier alpha value is -2.34. The molecule has 1 aliphatic rings. The van der Waals surface area contributed by atoms with Crippen LogP contribution in [-0.2, 0) is 10.0 Å². The molecule has 0 saturated carbocycles. The minimum atomic E-state index is -3.59. The van der Waals surface area contributed by atoms with Crippen LogP contribution >= 0.6 is 23.1 Å². The monoisotopic (exact) mass is 399 g/mol. The number of anilines is 1. The quantitative estimate of drug-likeness (QED) is 0.666. The van der Waals surface area contributed by atoms with Crippen molar-refractivity contribution < 1.29 is 8.42 Å². The van der Waals surface area contributed by atoms with Gasteiger partial charge in [-0.3, -0.25) is 9.29 Å². The van der Waals surface area contributed by atoms with Crippen LogP contribution in [0.15, 0.2) is 63.3 Å². The van der Waals surface area contributed by atoms with E-state index in [4.69, 9.17) is 5.26 Å². The molecule has 0 spiro atoms. The lowest BCUT2D eigenvalue weighted by atomic mass is 10.1. The van der Waals surface area contributed by atoms with Crippen LogP contribution in [0.3, 0.4) is 0 Å². The molecular formula is C18H13N3O2S3. The number of hydrogen-bond donors (Lipinski definition) is 0. The summed E-state index contributed by atoms with van der Waals surface area (Å²) < 4.78 is 27.8. The molecule has 0 bridgehead atoms. The molecule has 3 heterocycles. The van der Waals surface area contributed by atoms with Crippen LogP contribution in [0.5, 0.6) is 0 Å². The number of rotatable bonds is 3. The second-order valence-electron chi connectivity index (χ2n) is 5.58. The summed E-state index contributed by atoms with van der Waals surface area (Å²) in [5.41, 5.74) is 2.98. The number of fused-ring (bicyclic) bond motifs is 1. The maximum Gasteiger partial charge on any atom is 0.273 e. The third-order valence-corrected chi connectivity index (χ3v) is 8.34. The van der Waals surface area contributed by atoms with Crippen molar-refractivity contribution in [1.82, 2.24) is 4.98 Å². The highest BCUT2D eigenvalue weighted by Gasteiger charge is 2.31. The predicted octanol–water partition coefficient (Wildman–Crippen LogP) is 3.98. The van der Waals surface area contributed by atoms with E-state index in [1.807, 2.05) is 12.1 Å². The molecule has 0 amide bonds. The maximum absolute atomic E-state index is 13.0. The number of benzene rings is 1. The number of hydrogen-bond acceptors (Lipinski definition) is 6. The Labute approximate surface area is 160 Å². The van der Waals surface area contributed by atoms with Gasteiger partial charge in [-0.15, -0.1) is 23.1 Å². The molecule has 0 atom stereocenters. The van der Waals surface area contributed by atoms with Gasteiger partial charge in [0, 0.05) is 29.0 Å². The third-order valence-electron chi connectivity index (χ3n) is 4.05. The van der Waals surface area contributed by atoms with E-state index in [2.05, 4.69) is 11.1 Å². The highest BCUT2D eigenvalue weighted by atomic mass is 32.2. The minimum Gasteiger partial charge on any atom is -0.262 e. The Morgan fingerprint density at radius 1 is 1.15 bits per heavy atom. The van der Waals surface area contributed by atoms with E-state index in [1.54, 1.807) is 53.8 Å². The SMILES string of the molecule is N#Cc1ccc(-c2cncc3c2SCCN3S(=O)(=O)c2cccs2)cc1. The zero-order valence-corrected chi connectivity index (χ0v) is 15.9. The molecule has 0 saturated heterocycles. The molecule has 8 heteroatoms. The van der Waals surface area contributed by atoms with Gasteiger partial charge in [-0.05, 0) is 29.1 Å². The van der Waals surface area contributed by atoms with Gasteiger partial charge in [-0.25, -0.2) is 8.42 Å². The number of sulfonamides is 1. The van der Waals surface area contributed by atoms with Gasteiger partial charge >= 0.3 is 0 Å². The number of nitrogens with zero attached hydrogens (tertiary/aromatic N) is 3. The first-order chi connectivity index (χ1) is 12.6. The lowest BCUT2D eigenvalue weighted by molar-refractivity contribution is 0.593. The lowest BCUT2D eigenvalue weighted by Crippen LogP contribution is -2.35. The van der Waals surface area contributed by atoms with E-state index in [9.17, 15) is 8.42 Å². The van der Waals surface area contributed by atoms with Crippen LogP contribution in [0.25, 0.3) is 11.1 Å². The summed E-state index contributed by atoms with van der Waals surface area (Å²) in [7, 11) is -3.59. The van der Waals surface area contributed by atoms with Crippen molar-refractivity contribution >= 4 is 38.8 Å². The van der Waals surface area contributed by atoms with E-state index < -0.39 is 10.0 Å². The number of thiophene rings is 1. The van der Waals surface area contributed by atoms with Crippen LogP contribution in [0.1, 0.15) is 5.56 Å². The normalized spacial score (nSPS) is 13.9. The molecule has 0 unspecified atom stereocenters. The van der Waals surface area contributed by atoms with Crippen LogP contribution in [0.4, 0.5) is 5.69 Å². The van der Waals surface area contributed by atoms with E-state index in [0.29, 0.717) is 27.8 Å². The third kappa shape index (κ3) is 2.88. The zero-order chi connectivity index (χ0) is 18.1. The average molecular weight is 400 g/mol. The largest absolute Gasteiger partial charge is 0.273 e. The Bertz CT molecular complexity index is 1090. The molecule has 26 heavy (non-hydrogen) atoms. The van der Waals surface area contributed by atoms with Crippen molar-refractivity contribution in [1.29, 1.82) is 5.26 Å². The molecule has 130 valence electrons. The van der Waals surface area contributed by atoms with Gasteiger partial charge in [0.25, 0.3) is 10.0 Å². The van der Waals surface area contributed by atoms with Crippen LogP contribution in [0.2, 0.25) is 0 Å². The Kier molecular flexibility index (Phi) is 4.44. The molecule has 0 aliphatic carbocycles. The first kappa shape index (κ1) is 17.1.